The summed E-state index contributed by atoms with van der Waals surface area (Å²) in [6, 6.07) is 18.8. The van der Waals surface area contributed by atoms with E-state index in [9.17, 15) is 9.18 Å². The second-order valence-corrected chi connectivity index (χ2v) is 9.65. The number of nitrogens with one attached hydrogen (secondary N) is 1. The van der Waals surface area contributed by atoms with Gasteiger partial charge in [0.15, 0.2) is 0 Å². The average Bonchev–Trinajstić information content (AvgIpc) is 3.11. The third-order valence-electron chi connectivity index (χ3n) is 7.27. The minimum Gasteiger partial charge on any atom is -0.488 e. The lowest BCUT2D eigenvalue weighted by molar-refractivity contribution is 0.150. The fraction of sp³-hybridized carbons (Fsp3) is 0.276. The van der Waals surface area contributed by atoms with Crippen LogP contribution in [0.5, 0.6) is 5.75 Å². The zero-order valence-corrected chi connectivity index (χ0v) is 20.3. The second-order valence-electron chi connectivity index (χ2n) is 9.65. The average molecular weight is 485 g/mol. The Bertz CT molecular complexity index is 1510. The number of rotatable bonds is 4. The van der Waals surface area contributed by atoms with Crippen molar-refractivity contribution in [1.29, 1.82) is 0 Å². The first-order valence-electron chi connectivity index (χ1n) is 12.4. The van der Waals surface area contributed by atoms with E-state index in [-0.39, 0.29) is 11.5 Å². The van der Waals surface area contributed by atoms with Gasteiger partial charge in [-0.1, -0.05) is 30.3 Å². The van der Waals surface area contributed by atoms with Crippen molar-refractivity contribution in [3.05, 3.63) is 99.2 Å². The standard InChI is InChI=1S/C29H29FN4O2/c1-32-10-12-33(13-11-32)14-15-34-27-9-6-20(17-26(27)31-29(34)35)16-25-23-5-3-2-4-21(23)19-36-28-18-22(30)7-8-24(25)28/h2-9,16-18H,10-15,19H2,1H3,(H,31,35)/b25-16+. The van der Waals surface area contributed by atoms with Crippen LogP contribution >= 0.6 is 0 Å². The lowest BCUT2D eigenvalue weighted by atomic mass is 9.92. The number of aromatic amines is 1. The molecule has 2 aliphatic rings. The Hall–Kier alpha value is -3.68. The molecule has 4 aromatic rings. The SMILES string of the molecule is CN1CCN(CCn2c(=O)[nH]c3cc(/C=C4\c5ccccc5COc5cc(F)ccc54)ccc32)CC1. The van der Waals surface area contributed by atoms with E-state index >= 15 is 0 Å². The Morgan fingerprint density at radius 1 is 0.972 bits per heavy atom. The molecule has 0 unspecified atom stereocenters. The van der Waals surface area contributed by atoms with Crippen molar-refractivity contribution >= 4 is 22.7 Å². The van der Waals surface area contributed by atoms with Gasteiger partial charge in [0, 0.05) is 50.9 Å². The molecule has 0 radical (unpaired) electrons. The summed E-state index contributed by atoms with van der Waals surface area (Å²) in [5.74, 6) is 0.206. The topological polar surface area (TPSA) is 53.5 Å². The first-order valence-corrected chi connectivity index (χ1v) is 12.4. The maximum Gasteiger partial charge on any atom is 0.326 e. The van der Waals surface area contributed by atoms with Gasteiger partial charge in [-0.15, -0.1) is 0 Å². The highest BCUT2D eigenvalue weighted by Gasteiger charge is 2.20. The zero-order chi connectivity index (χ0) is 24.6. The maximum absolute atomic E-state index is 14.0. The molecule has 3 heterocycles. The Balaban J connectivity index is 1.35. The monoisotopic (exact) mass is 484 g/mol. The summed E-state index contributed by atoms with van der Waals surface area (Å²) < 4.78 is 21.8. The van der Waals surface area contributed by atoms with Gasteiger partial charge >= 0.3 is 5.69 Å². The summed E-state index contributed by atoms with van der Waals surface area (Å²) in [5, 5.41) is 0. The predicted octanol–water partition coefficient (Wildman–Crippen LogP) is 4.20. The van der Waals surface area contributed by atoms with Crippen LogP contribution in [0.25, 0.3) is 22.7 Å². The summed E-state index contributed by atoms with van der Waals surface area (Å²) in [7, 11) is 2.14. The largest absolute Gasteiger partial charge is 0.488 e. The van der Waals surface area contributed by atoms with Crippen LogP contribution in [0.4, 0.5) is 4.39 Å². The molecule has 6 nitrogen and oxygen atoms in total. The molecule has 0 saturated carbocycles. The highest BCUT2D eigenvalue weighted by atomic mass is 19.1. The van der Waals surface area contributed by atoms with E-state index in [2.05, 4.69) is 34.0 Å². The smallest absolute Gasteiger partial charge is 0.326 e. The van der Waals surface area contributed by atoms with Gasteiger partial charge in [-0.25, -0.2) is 9.18 Å². The molecule has 0 amide bonds. The van der Waals surface area contributed by atoms with Gasteiger partial charge in [-0.3, -0.25) is 9.47 Å². The van der Waals surface area contributed by atoms with E-state index in [1.165, 1.54) is 12.1 Å². The predicted molar refractivity (Wildman–Crippen MR) is 141 cm³/mol. The number of ether oxygens (including phenoxy) is 1. The van der Waals surface area contributed by atoms with E-state index in [1.807, 2.05) is 41.0 Å². The van der Waals surface area contributed by atoms with Gasteiger partial charge < -0.3 is 14.6 Å². The molecule has 184 valence electrons. The van der Waals surface area contributed by atoms with Crippen LogP contribution in [-0.4, -0.2) is 59.1 Å². The van der Waals surface area contributed by atoms with Crippen molar-refractivity contribution in [3.63, 3.8) is 0 Å². The van der Waals surface area contributed by atoms with Gasteiger partial charge in [0.1, 0.15) is 18.2 Å². The lowest BCUT2D eigenvalue weighted by Crippen LogP contribution is -2.45. The molecule has 0 spiro atoms. The van der Waals surface area contributed by atoms with Crippen molar-refractivity contribution in [2.75, 3.05) is 39.8 Å². The molecule has 1 saturated heterocycles. The molecule has 0 bridgehead atoms. The maximum atomic E-state index is 14.0. The van der Waals surface area contributed by atoms with Crippen LogP contribution in [0, 0.1) is 5.82 Å². The summed E-state index contributed by atoms with van der Waals surface area (Å²) >= 11 is 0. The van der Waals surface area contributed by atoms with E-state index in [0.717, 1.165) is 71.6 Å². The van der Waals surface area contributed by atoms with Crippen molar-refractivity contribution < 1.29 is 9.13 Å². The molecule has 36 heavy (non-hydrogen) atoms. The van der Waals surface area contributed by atoms with Gasteiger partial charge in [-0.2, -0.15) is 0 Å². The van der Waals surface area contributed by atoms with Gasteiger partial charge in [-0.05, 0) is 59.7 Å². The molecular formula is C29H29FN4O2. The van der Waals surface area contributed by atoms with E-state index in [0.29, 0.717) is 18.9 Å². The van der Waals surface area contributed by atoms with Crippen LogP contribution in [0.2, 0.25) is 0 Å². The fourth-order valence-electron chi connectivity index (χ4n) is 5.18. The van der Waals surface area contributed by atoms with Gasteiger partial charge in [0.2, 0.25) is 0 Å². The van der Waals surface area contributed by atoms with Crippen molar-refractivity contribution in [2.24, 2.45) is 0 Å². The number of nitrogens with zero attached hydrogens (tertiary/aromatic N) is 3. The molecule has 1 aromatic heterocycles. The third kappa shape index (κ3) is 4.36. The minimum atomic E-state index is -0.323. The zero-order valence-electron chi connectivity index (χ0n) is 20.3. The number of likely N-dealkylation sites (N-methyl/N-ethyl adjacent to an activating group) is 1. The van der Waals surface area contributed by atoms with E-state index in [1.54, 1.807) is 6.07 Å². The van der Waals surface area contributed by atoms with Crippen molar-refractivity contribution in [2.45, 2.75) is 13.2 Å². The van der Waals surface area contributed by atoms with E-state index in [4.69, 9.17) is 4.74 Å². The first-order chi connectivity index (χ1) is 17.5. The Morgan fingerprint density at radius 3 is 2.67 bits per heavy atom. The number of fused-ring (bicyclic) bond motifs is 3. The molecule has 1 N–H and O–H groups in total. The molecule has 6 rings (SSSR count). The second kappa shape index (κ2) is 9.41. The normalized spacial score (nSPS) is 17.6. The van der Waals surface area contributed by atoms with E-state index < -0.39 is 0 Å². The summed E-state index contributed by atoms with van der Waals surface area (Å²) in [6.45, 7) is 6.08. The van der Waals surface area contributed by atoms with Gasteiger partial charge in [0.05, 0.1) is 11.0 Å². The number of benzene rings is 3. The number of H-pyrrole nitrogens is 1. The lowest BCUT2D eigenvalue weighted by Gasteiger charge is -2.32. The number of hydrogen-bond donors (Lipinski definition) is 1. The van der Waals surface area contributed by atoms with Crippen LogP contribution < -0.4 is 10.4 Å². The number of halogens is 1. The number of aromatic nitrogens is 2. The minimum absolute atomic E-state index is 0.0852. The quantitative estimate of drug-likeness (QED) is 0.472. The van der Waals surface area contributed by atoms with Crippen molar-refractivity contribution in [3.8, 4) is 5.75 Å². The van der Waals surface area contributed by atoms with Gasteiger partial charge in [0.25, 0.3) is 0 Å². The fourth-order valence-corrected chi connectivity index (χ4v) is 5.18. The molecule has 1 fully saturated rings. The number of piperazine rings is 1. The highest BCUT2D eigenvalue weighted by Crippen LogP contribution is 2.38. The first kappa shape index (κ1) is 22.8. The Morgan fingerprint density at radius 2 is 1.81 bits per heavy atom. The van der Waals surface area contributed by atoms with Crippen LogP contribution in [0.3, 0.4) is 0 Å². The Labute approximate surface area is 209 Å². The van der Waals surface area contributed by atoms with Crippen LogP contribution in [0.15, 0.2) is 65.5 Å². The molecule has 2 aliphatic heterocycles. The third-order valence-corrected chi connectivity index (χ3v) is 7.27. The molecule has 0 aliphatic carbocycles. The molecular weight excluding hydrogens is 455 g/mol. The van der Waals surface area contributed by atoms with Crippen LogP contribution in [0.1, 0.15) is 22.3 Å². The highest BCUT2D eigenvalue weighted by molar-refractivity contribution is 5.95. The number of hydrogen-bond acceptors (Lipinski definition) is 4. The summed E-state index contributed by atoms with van der Waals surface area (Å²) in [4.78, 5) is 20.6. The summed E-state index contributed by atoms with van der Waals surface area (Å²) in [5.41, 5.74) is 6.50. The molecule has 3 aromatic carbocycles. The van der Waals surface area contributed by atoms with Crippen molar-refractivity contribution in [1.82, 2.24) is 19.4 Å². The van der Waals surface area contributed by atoms with Crippen LogP contribution in [-0.2, 0) is 13.2 Å². The summed E-state index contributed by atoms with van der Waals surface area (Å²) in [6.07, 6.45) is 2.09. The molecule has 7 heteroatoms. The number of imidazole rings is 1. The Kier molecular flexibility index (Phi) is 5.95. The molecule has 0 atom stereocenters.